The third-order valence-electron chi connectivity index (χ3n) is 3.22. The van der Waals surface area contributed by atoms with E-state index >= 15 is 0 Å². The van der Waals surface area contributed by atoms with Crippen molar-refractivity contribution in [3.63, 3.8) is 0 Å². The number of amides is 1. The van der Waals surface area contributed by atoms with Gasteiger partial charge in [0.15, 0.2) is 0 Å². The van der Waals surface area contributed by atoms with E-state index < -0.39 is 0 Å². The second-order valence-corrected chi connectivity index (χ2v) is 6.31. The molecule has 0 saturated carbocycles. The van der Waals surface area contributed by atoms with Crippen LogP contribution in [0.15, 0.2) is 16.7 Å². The summed E-state index contributed by atoms with van der Waals surface area (Å²) in [5, 5.41) is 2.97. The number of nitrogens with zero attached hydrogens (tertiary/aromatic N) is 1. The van der Waals surface area contributed by atoms with Crippen molar-refractivity contribution in [2.45, 2.75) is 52.2 Å². The van der Waals surface area contributed by atoms with E-state index in [0.29, 0.717) is 13.0 Å². The van der Waals surface area contributed by atoms with E-state index in [0.717, 1.165) is 17.9 Å². The molecule has 114 valence electrons. The van der Waals surface area contributed by atoms with Crippen molar-refractivity contribution < 1.29 is 9.21 Å². The lowest BCUT2D eigenvalue weighted by Gasteiger charge is -2.28. The van der Waals surface area contributed by atoms with Crippen molar-refractivity contribution in [2.24, 2.45) is 5.73 Å². The summed E-state index contributed by atoms with van der Waals surface area (Å²) < 4.78 is 5.29. The lowest BCUT2D eigenvalue weighted by molar-refractivity contribution is -0.123. The van der Waals surface area contributed by atoms with Crippen LogP contribution in [-0.4, -0.2) is 36.0 Å². The van der Waals surface area contributed by atoms with E-state index in [2.05, 4.69) is 10.2 Å². The van der Waals surface area contributed by atoms with Crippen molar-refractivity contribution in [3.05, 3.63) is 23.7 Å². The topological polar surface area (TPSA) is 71.5 Å². The standard InChI is InChI=1S/C15H27N3O2/c1-11-12(6-7-20-11)10-18(5)13(9-16)8-14(19)17-15(2,3)4/h6-7,13H,8-10,16H2,1-5H3,(H,17,19). The van der Waals surface area contributed by atoms with Gasteiger partial charge >= 0.3 is 0 Å². The Balaban J connectivity index is 2.57. The minimum absolute atomic E-state index is 0.0200. The second kappa shape index (κ2) is 6.90. The third kappa shape index (κ3) is 5.35. The molecule has 3 N–H and O–H groups in total. The molecular weight excluding hydrogens is 254 g/mol. The minimum Gasteiger partial charge on any atom is -0.469 e. The highest BCUT2D eigenvalue weighted by Crippen LogP contribution is 2.14. The number of hydrogen-bond acceptors (Lipinski definition) is 4. The molecule has 1 aromatic heterocycles. The summed E-state index contributed by atoms with van der Waals surface area (Å²) in [4.78, 5) is 14.1. The number of nitrogens with two attached hydrogens (primary N) is 1. The first-order valence-electron chi connectivity index (χ1n) is 6.97. The van der Waals surface area contributed by atoms with Gasteiger partial charge in [0, 0.05) is 36.7 Å². The molecule has 0 bridgehead atoms. The lowest BCUT2D eigenvalue weighted by atomic mass is 10.1. The average molecular weight is 281 g/mol. The van der Waals surface area contributed by atoms with Gasteiger partial charge < -0.3 is 15.5 Å². The number of nitrogens with one attached hydrogen (secondary N) is 1. The number of aryl methyl sites for hydroxylation is 1. The molecule has 0 aliphatic carbocycles. The summed E-state index contributed by atoms with van der Waals surface area (Å²) in [6.45, 7) is 9.04. The van der Waals surface area contributed by atoms with Crippen LogP contribution in [-0.2, 0) is 11.3 Å². The first-order chi connectivity index (χ1) is 9.23. The molecule has 1 rings (SSSR count). The molecule has 5 heteroatoms. The molecule has 0 aromatic carbocycles. The van der Waals surface area contributed by atoms with Crippen LogP contribution in [0.4, 0.5) is 0 Å². The highest BCUT2D eigenvalue weighted by Gasteiger charge is 2.21. The fourth-order valence-electron chi connectivity index (χ4n) is 2.08. The number of likely N-dealkylation sites (N-methyl/N-ethyl adjacent to an activating group) is 1. The molecule has 0 saturated heterocycles. The monoisotopic (exact) mass is 281 g/mol. The van der Waals surface area contributed by atoms with Crippen LogP contribution >= 0.6 is 0 Å². The lowest BCUT2D eigenvalue weighted by Crippen LogP contribution is -2.46. The van der Waals surface area contributed by atoms with Crippen LogP contribution in [0.25, 0.3) is 0 Å². The highest BCUT2D eigenvalue weighted by atomic mass is 16.3. The molecule has 1 aromatic rings. The Morgan fingerprint density at radius 2 is 2.15 bits per heavy atom. The summed E-state index contributed by atoms with van der Waals surface area (Å²) in [6.07, 6.45) is 2.09. The summed E-state index contributed by atoms with van der Waals surface area (Å²) in [6, 6.07) is 1.97. The van der Waals surface area contributed by atoms with Crippen LogP contribution in [0.3, 0.4) is 0 Å². The maximum Gasteiger partial charge on any atom is 0.222 e. The smallest absolute Gasteiger partial charge is 0.222 e. The number of hydrogen-bond donors (Lipinski definition) is 2. The van der Waals surface area contributed by atoms with Crippen molar-refractivity contribution in [2.75, 3.05) is 13.6 Å². The Morgan fingerprint density at radius 3 is 2.60 bits per heavy atom. The predicted molar refractivity (Wildman–Crippen MR) is 80.3 cm³/mol. The molecule has 1 heterocycles. The number of carbonyl (C=O) groups is 1. The van der Waals surface area contributed by atoms with E-state index in [4.69, 9.17) is 10.2 Å². The zero-order valence-corrected chi connectivity index (χ0v) is 13.2. The fraction of sp³-hybridized carbons (Fsp3) is 0.667. The predicted octanol–water partition coefficient (Wildman–Crippen LogP) is 1.65. The van der Waals surface area contributed by atoms with E-state index in [1.165, 1.54) is 0 Å². The van der Waals surface area contributed by atoms with Gasteiger partial charge in [-0.05, 0) is 40.8 Å². The van der Waals surface area contributed by atoms with E-state index in [-0.39, 0.29) is 17.5 Å². The van der Waals surface area contributed by atoms with Gasteiger partial charge in [0.05, 0.1) is 6.26 Å². The Morgan fingerprint density at radius 1 is 1.50 bits per heavy atom. The Kier molecular flexibility index (Phi) is 5.77. The molecule has 0 aliphatic rings. The number of carbonyl (C=O) groups excluding carboxylic acids is 1. The summed E-state index contributed by atoms with van der Waals surface area (Å²) >= 11 is 0. The quantitative estimate of drug-likeness (QED) is 0.831. The Bertz CT molecular complexity index is 435. The zero-order valence-electron chi connectivity index (χ0n) is 13.2. The van der Waals surface area contributed by atoms with Crippen LogP contribution < -0.4 is 11.1 Å². The average Bonchev–Trinajstić information content (AvgIpc) is 2.69. The molecule has 0 aliphatic heterocycles. The molecule has 1 atom stereocenters. The molecule has 0 radical (unpaired) electrons. The van der Waals surface area contributed by atoms with E-state index in [1.54, 1.807) is 6.26 Å². The summed E-state index contributed by atoms with van der Waals surface area (Å²) in [7, 11) is 1.98. The molecular formula is C15H27N3O2. The number of furan rings is 1. The van der Waals surface area contributed by atoms with Crippen molar-refractivity contribution in [1.29, 1.82) is 0 Å². The minimum atomic E-state index is -0.212. The molecule has 1 amide bonds. The molecule has 0 spiro atoms. The van der Waals surface area contributed by atoms with Crippen molar-refractivity contribution >= 4 is 5.91 Å². The Labute approximate surface area is 121 Å². The van der Waals surface area contributed by atoms with Gasteiger partial charge in [-0.3, -0.25) is 9.69 Å². The van der Waals surface area contributed by atoms with Crippen LogP contribution in [0.1, 0.15) is 38.5 Å². The summed E-state index contributed by atoms with van der Waals surface area (Å²) in [5.74, 6) is 0.940. The first-order valence-corrected chi connectivity index (χ1v) is 6.97. The molecule has 5 nitrogen and oxygen atoms in total. The van der Waals surface area contributed by atoms with Gasteiger partial charge in [-0.25, -0.2) is 0 Å². The van der Waals surface area contributed by atoms with Gasteiger partial charge in [0.1, 0.15) is 5.76 Å². The van der Waals surface area contributed by atoms with Gasteiger partial charge in [0.25, 0.3) is 0 Å². The zero-order chi connectivity index (χ0) is 15.3. The fourth-order valence-corrected chi connectivity index (χ4v) is 2.08. The van der Waals surface area contributed by atoms with Crippen LogP contribution in [0, 0.1) is 6.92 Å². The maximum absolute atomic E-state index is 12.0. The second-order valence-electron chi connectivity index (χ2n) is 6.31. The Hall–Kier alpha value is -1.33. The van der Waals surface area contributed by atoms with Crippen molar-refractivity contribution in [1.82, 2.24) is 10.2 Å². The van der Waals surface area contributed by atoms with Crippen LogP contribution in [0.2, 0.25) is 0 Å². The third-order valence-corrected chi connectivity index (χ3v) is 3.22. The van der Waals surface area contributed by atoms with E-state index in [9.17, 15) is 4.79 Å². The van der Waals surface area contributed by atoms with E-state index in [1.807, 2.05) is 40.8 Å². The largest absolute Gasteiger partial charge is 0.469 e. The molecule has 20 heavy (non-hydrogen) atoms. The van der Waals surface area contributed by atoms with Gasteiger partial charge in [-0.15, -0.1) is 0 Å². The SMILES string of the molecule is Cc1occc1CN(C)C(CN)CC(=O)NC(C)(C)C. The molecule has 0 fully saturated rings. The first kappa shape index (κ1) is 16.7. The highest BCUT2D eigenvalue weighted by molar-refractivity contribution is 5.77. The van der Waals surface area contributed by atoms with Gasteiger partial charge in [-0.1, -0.05) is 0 Å². The maximum atomic E-state index is 12.0. The van der Waals surface area contributed by atoms with Gasteiger partial charge in [-0.2, -0.15) is 0 Å². The normalized spacial score (nSPS) is 13.6. The summed E-state index contributed by atoms with van der Waals surface area (Å²) in [5.41, 5.74) is 6.72. The number of rotatable bonds is 6. The molecule has 1 unspecified atom stereocenters. The van der Waals surface area contributed by atoms with Crippen LogP contribution in [0.5, 0.6) is 0 Å². The van der Waals surface area contributed by atoms with Gasteiger partial charge in [0.2, 0.25) is 5.91 Å². The van der Waals surface area contributed by atoms with Crippen molar-refractivity contribution in [3.8, 4) is 0 Å².